The summed E-state index contributed by atoms with van der Waals surface area (Å²) in [5, 5.41) is 5.18. The van der Waals surface area contributed by atoms with Crippen LogP contribution < -0.4 is 5.32 Å². The second kappa shape index (κ2) is 14.4. The van der Waals surface area contributed by atoms with Crippen molar-refractivity contribution >= 4 is 44.2 Å². The van der Waals surface area contributed by atoms with Crippen LogP contribution in [0.4, 0.5) is 0 Å². The number of rotatable bonds is 13. The van der Waals surface area contributed by atoms with Crippen LogP contribution in [-0.2, 0) is 32.6 Å². The third kappa shape index (κ3) is 7.97. The smallest absolute Gasteiger partial charge is 0.243 e. The monoisotopic (exact) mass is 605 g/mol. The van der Waals surface area contributed by atoms with Gasteiger partial charge in [0.25, 0.3) is 0 Å². The van der Waals surface area contributed by atoms with Crippen LogP contribution in [0.15, 0.2) is 102 Å². The fourth-order valence-electron chi connectivity index (χ4n) is 4.77. The van der Waals surface area contributed by atoms with Gasteiger partial charge in [0.2, 0.25) is 21.8 Å². The summed E-state index contributed by atoms with van der Waals surface area (Å²) in [6, 6.07) is 28.1. The second-order valence-corrected chi connectivity index (χ2v) is 12.8. The number of benzene rings is 4. The lowest BCUT2D eigenvalue weighted by Crippen LogP contribution is -2.53. The third-order valence-electron chi connectivity index (χ3n) is 7.13. The van der Waals surface area contributed by atoms with Crippen molar-refractivity contribution in [3.63, 3.8) is 0 Å². The maximum atomic E-state index is 14.0. The maximum Gasteiger partial charge on any atom is 0.243 e. The van der Waals surface area contributed by atoms with Gasteiger partial charge in [-0.15, -0.1) is 0 Å². The highest BCUT2D eigenvalue weighted by molar-refractivity contribution is 7.89. The van der Waals surface area contributed by atoms with E-state index in [0.29, 0.717) is 11.6 Å². The molecule has 0 spiro atoms. The number of halogens is 1. The molecular weight excluding hydrogens is 570 g/mol. The summed E-state index contributed by atoms with van der Waals surface area (Å²) in [6.45, 7) is 2.16. The van der Waals surface area contributed by atoms with Crippen LogP contribution in [0.3, 0.4) is 0 Å². The number of nitrogens with zero attached hydrogens (tertiary/aromatic N) is 2. The number of carbonyl (C=O) groups excluding carboxylic acids is 2. The number of nitrogens with one attached hydrogen (secondary N) is 1. The molecule has 0 saturated carbocycles. The Bertz CT molecular complexity index is 1630. The van der Waals surface area contributed by atoms with Crippen LogP contribution in [-0.4, -0.2) is 55.6 Å². The molecule has 4 rings (SSSR count). The van der Waals surface area contributed by atoms with Gasteiger partial charge in [0.15, 0.2) is 0 Å². The van der Waals surface area contributed by atoms with Gasteiger partial charge in [-0.25, -0.2) is 8.42 Å². The summed E-state index contributed by atoms with van der Waals surface area (Å²) in [5.41, 5.74) is 1.62. The van der Waals surface area contributed by atoms with Gasteiger partial charge < -0.3 is 10.2 Å². The molecule has 7 nitrogen and oxygen atoms in total. The van der Waals surface area contributed by atoms with Gasteiger partial charge in [-0.05, 0) is 52.6 Å². The first-order chi connectivity index (χ1) is 20.2. The quantitative estimate of drug-likeness (QED) is 0.199. The van der Waals surface area contributed by atoms with Crippen LogP contribution in [0.1, 0.15) is 30.9 Å². The molecule has 0 fully saturated rings. The molecule has 42 heavy (non-hydrogen) atoms. The van der Waals surface area contributed by atoms with Gasteiger partial charge in [-0.3, -0.25) is 9.59 Å². The van der Waals surface area contributed by atoms with Gasteiger partial charge in [0, 0.05) is 31.6 Å². The van der Waals surface area contributed by atoms with Crippen molar-refractivity contribution in [2.75, 3.05) is 20.1 Å². The Kier molecular flexibility index (Phi) is 10.7. The lowest BCUT2D eigenvalue weighted by Gasteiger charge is -2.32. The van der Waals surface area contributed by atoms with E-state index in [1.165, 1.54) is 11.9 Å². The Hall–Kier alpha value is -3.72. The molecule has 220 valence electrons. The molecule has 0 unspecified atom stereocenters. The highest BCUT2D eigenvalue weighted by Crippen LogP contribution is 2.23. The average molecular weight is 606 g/mol. The van der Waals surface area contributed by atoms with E-state index >= 15 is 0 Å². The van der Waals surface area contributed by atoms with Crippen LogP contribution in [0.2, 0.25) is 5.02 Å². The van der Waals surface area contributed by atoms with Crippen LogP contribution >= 0.6 is 11.6 Å². The minimum atomic E-state index is -4.00. The number of hydrogen-bond acceptors (Lipinski definition) is 4. The fraction of sp³-hybridized carbons (Fsp3) is 0.273. The molecule has 9 heteroatoms. The van der Waals surface area contributed by atoms with E-state index in [1.807, 2.05) is 67.6 Å². The lowest BCUT2D eigenvalue weighted by molar-refractivity contribution is -0.141. The molecule has 0 radical (unpaired) electrons. The van der Waals surface area contributed by atoms with E-state index in [1.54, 1.807) is 36.4 Å². The van der Waals surface area contributed by atoms with Crippen LogP contribution in [0.5, 0.6) is 0 Å². The zero-order valence-corrected chi connectivity index (χ0v) is 25.4. The van der Waals surface area contributed by atoms with Crippen molar-refractivity contribution in [2.45, 2.75) is 43.7 Å². The third-order valence-corrected chi connectivity index (χ3v) is 9.16. The SMILES string of the molecule is CCCCNC(=O)[C@H](Cc1ccccc1)N(Cc1cccc(Cl)c1)C(=O)CN(C)S(=O)(=O)c1ccc2ccccc2c1. The first kappa shape index (κ1) is 31.2. The molecule has 4 aromatic rings. The van der Waals surface area contributed by atoms with Crippen molar-refractivity contribution in [3.05, 3.63) is 113 Å². The van der Waals surface area contributed by atoms with E-state index in [4.69, 9.17) is 11.6 Å². The Labute approximate surface area is 253 Å². The first-order valence-corrected chi connectivity index (χ1v) is 15.8. The molecular formula is C33H36ClN3O4S. The largest absolute Gasteiger partial charge is 0.354 e. The number of amides is 2. The second-order valence-electron chi connectivity index (χ2n) is 10.3. The molecule has 2 amide bonds. The summed E-state index contributed by atoms with van der Waals surface area (Å²) in [5.74, 6) is -0.781. The minimum Gasteiger partial charge on any atom is -0.354 e. The molecule has 0 aromatic heterocycles. The molecule has 0 saturated heterocycles. The maximum absolute atomic E-state index is 14.0. The molecule has 4 aromatic carbocycles. The van der Waals surface area contributed by atoms with E-state index in [2.05, 4.69) is 5.32 Å². The molecule has 0 aliphatic carbocycles. The summed E-state index contributed by atoms with van der Waals surface area (Å²) in [6.07, 6.45) is 1.98. The van der Waals surface area contributed by atoms with E-state index < -0.39 is 28.5 Å². The Morgan fingerprint density at radius 2 is 1.55 bits per heavy atom. The van der Waals surface area contributed by atoms with Crippen molar-refractivity contribution < 1.29 is 18.0 Å². The predicted molar refractivity (Wildman–Crippen MR) is 168 cm³/mol. The number of unbranched alkanes of at least 4 members (excludes halogenated alkanes) is 1. The molecule has 0 aliphatic rings. The van der Waals surface area contributed by atoms with Crippen molar-refractivity contribution in [1.29, 1.82) is 0 Å². The predicted octanol–water partition coefficient (Wildman–Crippen LogP) is 5.67. The first-order valence-electron chi connectivity index (χ1n) is 14.0. The molecule has 1 N–H and O–H groups in total. The number of fused-ring (bicyclic) bond motifs is 1. The van der Waals surface area contributed by atoms with E-state index in [-0.39, 0.29) is 23.8 Å². The Morgan fingerprint density at radius 3 is 2.26 bits per heavy atom. The van der Waals surface area contributed by atoms with Gasteiger partial charge in [0.05, 0.1) is 11.4 Å². The van der Waals surface area contributed by atoms with Crippen LogP contribution in [0.25, 0.3) is 10.8 Å². The van der Waals surface area contributed by atoms with Gasteiger partial charge >= 0.3 is 0 Å². The summed E-state index contributed by atoms with van der Waals surface area (Å²) in [4.78, 5) is 29.2. The average Bonchev–Trinajstić information content (AvgIpc) is 2.99. The zero-order chi connectivity index (χ0) is 30.1. The van der Waals surface area contributed by atoms with Crippen molar-refractivity contribution in [1.82, 2.24) is 14.5 Å². The summed E-state index contributed by atoms with van der Waals surface area (Å²) < 4.78 is 28.2. The van der Waals surface area contributed by atoms with Crippen LogP contribution in [0, 0.1) is 0 Å². The molecule has 0 heterocycles. The zero-order valence-electron chi connectivity index (χ0n) is 23.9. The highest BCUT2D eigenvalue weighted by atomic mass is 35.5. The topological polar surface area (TPSA) is 86.8 Å². The number of likely N-dealkylation sites (N-methyl/N-ethyl adjacent to an activating group) is 1. The lowest BCUT2D eigenvalue weighted by atomic mass is 10.0. The van der Waals surface area contributed by atoms with Crippen molar-refractivity contribution in [2.24, 2.45) is 0 Å². The summed E-state index contributed by atoms with van der Waals surface area (Å²) >= 11 is 6.25. The normalized spacial score (nSPS) is 12.3. The van der Waals surface area contributed by atoms with Gasteiger partial charge in [0.1, 0.15) is 6.04 Å². The van der Waals surface area contributed by atoms with Crippen molar-refractivity contribution in [3.8, 4) is 0 Å². The van der Waals surface area contributed by atoms with Gasteiger partial charge in [-0.2, -0.15) is 4.31 Å². The number of carbonyl (C=O) groups is 2. The standard InChI is InChI=1S/C33H36ClN3O4S/c1-3-4-19-35-33(39)31(21-25-11-6-5-7-12-25)37(23-26-13-10-16-29(34)20-26)32(38)24-36(2)42(40,41)30-18-17-27-14-8-9-15-28(27)22-30/h5-18,20,22,31H,3-4,19,21,23-24H2,1-2H3,(H,35,39)/t31-/m0/s1. The molecule has 1 atom stereocenters. The highest BCUT2D eigenvalue weighted by Gasteiger charge is 2.33. The molecule has 0 aliphatic heterocycles. The minimum absolute atomic E-state index is 0.0853. The van der Waals surface area contributed by atoms with Gasteiger partial charge in [-0.1, -0.05) is 97.7 Å². The van der Waals surface area contributed by atoms with E-state index in [9.17, 15) is 18.0 Å². The molecule has 0 bridgehead atoms. The Morgan fingerprint density at radius 1 is 0.857 bits per heavy atom. The summed E-state index contributed by atoms with van der Waals surface area (Å²) in [7, 11) is -2.61. The Balaban J connectivity index is 1.66. The number of sulfonamides is 1. The number of hydrogen-bond donors (Lipinski definition) is 1. The van der Waals surface area contributed by atoms with E-state index in [0.717, 1.165) is 39.0 Å². The fourth-order valence-corrected chi connectivity index (χ4v) is 6.14.